The maximum atomic E-state index is 13.2. The van der Waals surface area contributed by atoms with Crippen molar-refractivity contribution >= 4 is 17.9 Å². The van der Waals surface area contributed by atoms with Gasteiger partial charge in [0.05, 0.1) is 0 Å². The molecule has 160 valence electrons. The third-order valence-electron chi connectivity index (χ3n) is 4.59. The van der Waals surface area contributed by atoms with Crippen molar-refractivity contribution in [3.05, 3.63) is 71.8 Å². The normalized spacial score (nSPS) is 12.0. The van der Waals surface area contributed by atoms with Crippen LogP contribution in [0.15, 0.2) is 60.7 Å². The summed E-state index contributed by atoms with van der Waals surface area (Å²) in [7, 11) is 0. The Morgan fingerprint density at radius 2 is 1.47 bits per heavy atom. The van der Waals surface area contributed by atoms with E-state index >= 15 is 0 Å². The van der Waals surface area contributed by atoms with Gasteiger partial charge in [-0.1, -0.05) is 67.6 Å². The second-order valence-corrected chi connectivity index (χ2v) is 6.75. The predicted octanol–water partition coefficient (Wildman–Crippen LogP) is 3.13. The van der Waals surface area contributed by atoms with Crippen LogP contribution in [0.3, 0.4) is 0 Å². The molecule has 0 saturated carbocycles. The van der Waals surface area contributed by atoms with Crippen molar-refractivity contribution in [2.24, 2.45) is 0 Å². The highest BCUT2D eigenvalue weighted by atomic mass is 16.6. The number of benzene rings is 2. The van der Waals surface area contributed by atoms with Gasteiger partial charge in [-0.05, 0) is 31.4 Å². The summed E-state index contributed by atoms with van der Waals surface area (Å²) in [5.74, 6) is -1.46. The van der Waals surface area contributed by atoms with Gasteiger partial charge < -0.3 is 14.8 Å². The Hall–Kier alpha value is -3.19. The molecule has 2 aromatic rings. The summed E-state index contributed by atoms with van der Waals surface area (Å²) < 4.78 is 11.3. The van der Waals surface area contributed by atoms with Gasteiger partial charge in [0.25, 0.3) is 5.91 Å². The highest BCUT2D eigenvalue weighted by Gasteiger charge is 2.45. The van der Waals surface area contributed by atoms with Gasteiger partial charge in [0, 0.05) is 12.6 Å². The van der Waals surface area contributed by atoms with Gasteiger partial charge in [-0.2, -0.15) is 0 Å². The van der Waals surface area contributed by atoms with E-state index in [1.807, 2.05) is 26.0 Å². The van der Waals surface area contributed by atoms with Crippen LogP contribution >= 0.6 is 0 Å². The number of hydrogen-bond acceptors (Lipinski definition) is 5. The number of urea groups is 1. The number of nitrogens with one attached hydrogen (secondary N) is 2. The molecule has 0 aliphatic carbocycles. The molecule has 0 bridgehead atoms. The van der Waals surface area contributed by atoms with E-state index in [1.165, 1.54) is 0 Å². The van der Waals surface area contributed by atoms with Crippen LogP contribution in [-0.2, 0) is 24.7 Å². The number of ether oxygens (including phenoxy) is 2. The first-order chi connectivity index (χ1) is 14.4. The standard InChI is InChI=1S/C23H28N2O5/c1-4-17(3)24-22(28)25-20(26)16-29-21(27)23(30-5-2,18-12-8-6-9-13-18)19-14-10-7-11-15-19/h6-15,17H,4-5,16H2,1-3H3,(H2,24,25,26,28)/t17-/m0/s1. The molecular formula is C23H28N2O5. The molecule has 0 aliphatic rings. The highest BCUT2D eigenvalue weighted by Crippen LogP contribution is 2.35. The number of amides is 3. The molecule has 2 aromatic carbocycles. The lowest BCUT2D eigenvalue weighted by molar-refractivity contribution is -0.170. The molecule has 0 saturated heterocycles. The fraction of sp³-hybridized carbons (Fsp3) is 0.348. The van der Waals surface area contributed by atoms with Crippen molar-refractivity contribution in [3.8, 4) is 0 Å². The molecule has 0 aromatic heterocycles. The van der Waals surface area contributed by atoms with E-state index in [0.717, 1.165) is 6.42 Å². The summed E-state index contributed by atoms with van der Waals surface area (Å²) in [4.78, 5) is 37.1. The zero-order chi connectivity index (χ0) is 22.0. The van der Waals surface area contributed by atoms with Crippen LogP contribution in [0.5, 0.6) is 0 Å². The second-order valence-electron chi connectivity index (χ2n) is 6.75. The second kappa shape index (κ2) is 11.1. The van der Waals surface area contributed by atoms with Crippen molar-refractivity contribution in [3.63, 3.8) is 0 Å². The summed E-state index contributed by atoms with van der Waals surface area (Å²) in [5.41, 5.74) is -0.368. The van der Waals surface area contributed by atoms with E-state index in [-0.39, 0.29) is 12.6 Å². The Balaban J connectivity index is 2.22. The lowest BCUT2D eigenvalue weighted by Crippen LogP contribution is -2.46. The number of hydrogen-bond donors (Lipinski definition) is 2. The van der Waals surface area contributed by atoms with E-state index in [2.05, 4.69) is 10.6 Å². The summed E-state index contributed by atoms with van der Waals surface area (Å²) in [5, 5.41) is 4.77. The van der Waals surface area contributed by atoms with Crippen LogP contribution in [0, 0.1) is 0 Å². The van der Waals surface area contributed by atoms with Crippen LogP contribution in [-0.4, -0.2) is 37.2 Å². The summed E-state index contributed by atoms with van der Waals surface area (Å²) >= 11 is 0. The fourth-order valence-electron chi connectivity index (χ4n) is 2.95. The molecule has 1 atom stereocenters. The van der Waals surface area contributed by atoms with Gasteiger partial charge in [0.2, 0.25) is 5.60 Å². The van der Waals surface area contributed by atoms with Crippen LogP contribution in [0.25, 0.3) is 0 Å². The predicted molar refractivity (Wildman–Crippen MR) is 113 cm³/mol. The molecule has 7 heteroatoms. The Morgan fingerprint density at radius 1 is 0.933 bits per heavy atom. The maximum Gasteiger partial charge on any atom is 0.348 e. The Morgan fingerprint density at radius 3 is 1.93 bits per heavy atom. The molecule has 7 nitrogen and oxygen atoms in total. The Bertz CT molecular complexity index is 800. The number of carbonyl (C=O) groups excluding carboxylic acids is 3. The van der Waals surface area contributed by atoms with Gasteiger partial charge in [-0.25, -0.2) is 9.59 Å². The minimum Gasteiger partial charge on any atom is -0.453 e. The van der Waals surface area contributed by atoms with Crippen molar-refractivity contribution in [2.45, 2.75) is 38.8 Å². The quantitative estimate of drug-likeness (QED) is 0.617. The summed E-state index contributed by atoms with van der Waals surface area (Å²) in [6, 6.07) is 17.2. The zero-order valence-electron chi connectivity index (χ0n) is 17.5. The lowest BCUT2D eigenvalue weighted by atomic mass is 9.86. The first kappa shape index (κ1) is 23.1. The van der Waals surface area contributed by atoms with Crippen LogP contribution in [0.4, 0.5) is 4.79 Å². The molecule has 0 radical (unpaired) electrons. The van der Waals surface area contributed by atoms with Crippen molar-refractivity contribution in [2.75, 3.05) is 13.2 Å². The zero-order valence-corrected chi connectivity index (χ0v) is 17.5. The van der Waals surface area contributed by atoms with Crippen LogP contribution in [0.2, 0.25) is 0 Å². The molecule has 3 amide bonds. The first-order valence-corrected chi connectivity index (χ1v) is 9.96. The largest absolute Gasteiger partial charge is 0.453 e. The molecular weight excluding hydrogens is 384 g/mol. The van der Waals surface area contributed by atoms with E-state index < -0.39 is 30.1 Å². The molecule has 2 rings (SSSR count). The van der Waals surface area contributed by atoms with Gasteiger partial charge in [0.1, 0.15) is 0 Å². The first-order valence-electron chi connectivity index (χ1n) is 9.96. The topological polar surface area (TPSA) is 93.7 Å². The minimum absolute atomic E-state index is 0.0814. The Labute approximate surface area is 176 Å². The van der Waals surface area contributed by atoms with Crippen molar-refractivity contribution < 1.29 is 23.9 Å². The van der Waals surface area contributed by atoms with E-state index in [1.54, 1.807) is 55.5 Å². The van der Waals surface area contributed by atoms with Gasteiger partial charge in [-0.15, -0.1) is 0 Å². The summed E-state index contributed by atoms with van der Waals surface area (Å²) in [6.45, 7) is 5.14. The fourth-order valence-corrected chi connectivity index (χ4v) is 2.95. The molecule has 0 fully saturated rings. The van der Waals surface area contributed by atoms with E-state index in [9.17, 15) is 14.4 Å². The van der Waals surface area contributed by atoms with E-state index in [0.29, 0.717) is 11.1 Å². The Kier molecular flexibility index (Phi) is 8.55. The molecule has 0 unspecified atom stereocenters. The number of rotatable bonds is 9. The van der Waals surface area contributed by atoms with Gasteiger partial charge >= 0.3 is 12.0 Å². The minimum atomic E-state index is -1.53. The number of carbonyl (C=O) groups is 3. The molecule has 0 aliphatic heterocycles. The molecule has 30 heavy (non-hydrogen) atoms. The lowest BCUT2D eigenvalue weighted by Gasteiger charge is -2.32. The average molecular weight is 412 g/mol. The highest BCUT2D eigenvalue weighted by molar-refractivity contribution is 5.96. The van der Waals surface area contributed by atoms with Gasteiger partial charge in [-0.3, -0.25) is 10.1 Å². The average Bonchev–Trinajstić information content (AvgIpc) is 2.76. The van der Waals surface area contributed by atoms with Crippen molar-refractivity contribution in [1.82, 2.24) is 10.6 Å². The van der Waals surface area contributed by atoms with Crippen molar-refractivity contribution in [1.29, 1.82) is 0 Å². The SMILES string of the molecule is CCOC(C(=O)OCC(=O)NC(=O)N[C@@H](C)CC)(c1ccccc1)c1ccccc1. The number of esters is 1. The monoisotopic (exact) mass is 412 g/mol. The molecule has 2 N–H and O–H groups in total. The summed E-state index contributed by atoms with van der Waals surface area (Å²) in [6.07, 6.45) is 0.724. The maximum absolute atomic E-state index is 13.2. The smallest absolute Gasteiger partial charge is 0.348 e. The molecule has 0 heterocycles. The molecule has 0 spiro atoms. The third kappa shape index (κ3) is 5.67. The van der Waals surface area contributed by atoms with Crippen LogP contribution in [0.1, 0.15) is 38.3 Å². The van der Waals surface area contributed by atoms with Crippen LogP contribution < -0.4 is 10.6 Å². The van der Waals surface area contributed by atoms with E-state index in [4.69, 9.17) is 9.47 Å². The third-order valence-corrected chi connectivity index (χ3v) is 4.59. The number of imide groups is 1. The van der Waals surface area contributed by atoms with Gasteiger partial charge in [0.15, 0.2) is 6.61 Å².